The van der Waals surface area contributed by atoms with Gasteiger partial charge in [-0.25, -0.2) is 29.9 Å². The molecule has 8 nitrogen and oxygen atoms in total. The van der Waals surface area contributed by atoms with E-state index in [1.165, 1.54) is 0 Å². The lowest BCUT2D eigenvalue weighted by Gasteiger charge is -2.32. The fourth-order valence-corrected chi connectivity index (χ4v) is 7.51. The van der Waals surface area contributed by atoms with E-state index in [0.29, 0.717) is 22.9 Å². The SMILES string of the molecule is c1ccc(-c2nc3c4c(n2)nc(-c2ccccc2)n4-c2cccc4c2B3c2nc(-c3ccccc3)nc3nc(-c5ccccc5)n-4c23)cc1. The number of imidazole rings is 2. The zero-order chi connectivity index (χ0) is 32.1. The standard InChI is InChI=1S/C40H23BN8/c1-5-14-24(15-6-1)35-42-33-31-37(44-35)46-39(26-18-9-3-10-19-26)48(31)28-22-13-23-29-30(28)41(33)34-32-38(45-36(43-34)25-16-7-2-8-17-25)47-40(49(29)32)27-20-11-4-12-21-27/h1-23H. The number of fused-ring (bicyclic) bond motifs is 4. The second-order valence-corrected chi connectivity index (χ2v) is 12.4. The van der Waals surface area contributed by atoms with Crippen molar-refractivity contribution in [3.63, 3.8) is 0 Å². The molecule has 9 aromatic rings. The Bertz CT molecular complexity index is 2570. The van der Waals surface area contributed by atoms with Crippen LogP contribution in [0.2, 0.25) is 0 Å². The minimum atomic E-state index is -0.312. The topological polar surface area (TPSA) is 87.2 Å². The van der Waals surface area contributed by atoms with E-state index in [9.17, 15) is 0 Å². The molecule has 9 heteroatoms. The predicted octanol–water partition coefficient (Wildman–Crippen LogP) is 5.76. The molecule has 0 saturated heterocycles. The molecule has 0 saturated carbocycles. The van der Waals surface area contributed by atoms with E-state index in [1.807, 2.05) is 97.1 Å². The van der Waals surface area contributed by atoms with Crippen molar-refractivity contribution in [3.8, 4) is 56.9 Å². The van der Waals surface area contributed by atoms with Gasteiger partial charge >= 0.3 is 0 Å². The Labute approximate surface area is 280 Å². The van der Waals surface area contributed by atoms with Gasteiger partial charge in [0.15, 0.2) is 22.9 Å². The van der Waals surface area contributed by atoms with Gasteiger partial charge in [0.1, 0.15) is 22.7 Å². The fraction of sp³-hybridized carbons (Fsp3) is 0. The Morgan fingerprint density at radius 2 is 0.755 bits per heavy atom. The molecule has 0 unspecified atom stereocenters. The van der Waals surface area contributed by atoms with Crippen molar-refractivity contribution in [2.45, 2.75) is 0 Å². The average molecular weight is 626 g/mol. The molecule has 5 aromatic carbocycles. The normalized spacial score (nSPS) is 12.4. The molecule has 11 rings (SSSR count). The quantitative estimate of drug-likeness (QED) is 0.231. The van der Waals surface area contributed by atoms with Crippen molar-refractivity contribution in [3.05, 3.63) is 140 Å². The predicted molar refractivity (Wildman–Crippen MR) is 193 cm³/mol. The summed E-state index contributed by atoms with van der Waals surface area (Å²) in [6.45, 7) is -0.312. The van der Waals surface area contributed by atoms with Crippen LogP contribution in [0.1, 0.15) is 0 Å². The summed E-state index contributed by atoms with van der Waals surface area (Å²) in [6, 6.07) is 47.3. The van der Waals surface area contributed by atoms with Crippen LogP contribution >= 0.6 is 0 Å². The lowest BCUT2D eigenvalue weighted by Crippen LogP contribution is -2.61. The van der Waals surface area contributed by atoms with Gasteiger partial charge in [-0.3, -0.25) is 9.13 Å². The van der Waals surface area contributed by atoms with Gasteiger partial charge in [0.25, 0.3) is 6.71 Å². The molecule has 6 heterocycles. The molecular formula is C40H23BN8. The van der Waals surface area contributed by atoms with Crippen LogP contribution < -0.4 is 16.6 Å². The average Bonchev–Trinajstić information content (AvgIpc) is 3.76. The molecule has 2 aliphatic heterocycles. The summed E-state index contributed by atoms with van der Waals surface area (Å²) >= 11 is 0. The number of aromatic nitrogens is 8. The van der Waals surface area contributed by atoms with E-state index < -0.39 is 0 Å². The molecule has 0 radical (unpaired) electrons. The van der Waals surface area contributed by atoms with Crippen molar-refractivity contribution in [1.29, 1.82) is 0 Å². The van der Waals surface area contributed by atoms with E-state index >= 15 is 0 Å². The van der Waals surface area contributed by atoms with Crippen molar-refractivity contribution in [2.75, 3.05) is 0 Å². The summed E-state index contributed by atoms with van der Waals surface area (Å²) in [5.74, 6) is 2.90. The van der Waals surface area contributed by atoms with Crippen molar-refractivity contribution < 1.29 is 0 Å². The van der Waals surface area contributed by atoms with Crippen LogP contribution in [0.4, 0.5) is 0 Å². The lowest BCUT2D eigenvalue weighted by atomic mass is 9.37. The first-order valence-corrected chi connectivity index (χ1v) is 16.3. The molecule has 0 bridgehead atoms. The van der Waals surface area contributed by atoms with E-state index in [4.69, 9.17) is 29.9 Å². The molecule has 0 aliphatic carbocycles. The molecule has 0 atom stereocenters. The second kappa shape index (κ2) is 9.89. The zero-order valence-corrected chi connectivity index (χ0v) is 25.9. The molecule has 0 N–H and O–H groups in total. The highest BCUT2D eigenvalue weighted by atomic mass is 15.2. The highest BCUT2D eigenvalue weighted by Gasteiger charge is 2.45. The van der Waals surface area contributed by atoms with Gasteiger partial charge in [0.05, 0.1) is 0 Å². The molecule has 226 valence electrons. The molecule has 0 amide bonds. The van der Waals surface area contributed by atoms with Gasteiger partial charge < -0.3 is 0 Å². The van der Waals surface area contributed by atoms with Crippen molar-refractivity contribution in [1.82, 2.24) is 39.0 Å². The maximum absolute atomic E-state index is 5.40. The van der Waals surface area contributed by atoms with Crippen molar-refractivity contribution in [2.24, 2.45) is 0 Å². The number of nitrogens with zero attached hydrogens (tertiary/aromatic N) is 8. The minimum absolute atomic E-state index is 0.312. The van der Waals surface area contributed by atoms with Crippen LogP contribution in [0.3, 0.4) is 0 Å². The summed E-state index contributed by atoms with van der Waals surface area (Å²) in [5, 5.41) is 0. The summed E-state index contributed by atoms with van der Waals surface area (Å²) in [5.41, 5.74) is 11.8. The Morgan fingerprint density at radius 3 is 1.16 bits per heavy atom. The van der Waals surface area contributed by atoms with Gasteiger partial charge in [0, 0.05) is 44.8 Å². The smallest absolute Gasteiger partial charge is 0.290 e. The van der Waals surface area contributed by atoms with E-state index in [1.54, 1.807) is 0 Å². The van der Waals surface area contributed by atoms with Crippen LogP contribution in [0.25, 0.3) is 79.3 Å². The Kier molecular flexibility index (Phi) is 5.32. The molecular weight excluding hydrogens is 603 g/mol. The summed E-state index contributed by atoms with van der Waals surface area (Å²) in [4.78, 5) is 31.4. The molecule has 2 aliphatic rings. The highest BCUT2D eigenvalue weighted by Crippen LogP contribution is 2.36. The van der Waals surface area contributed by atoms with Gasteiger partial charge in [-0.2, -0.15) is 0 Å². The highest BCUT2D eigenvalue weighted by molar-refractivity contribution is 6.99. The zero-order valence-electron chi connectivity index (χ0n) is 25.9. The molecule has 0 fully saturated rings. The van der Waals surface area contributed by atoms with Crippen LogP contribution in [0.15, 0.2) is 140 Å². The van der Waals surface area contributed by atoms with Gasteiger partial charge in [-0.05, 0) is 17.6 Å². The monoisotopic (exact) mass is 626 g/mol. The summed E-state index contributed by atoms with van der Waals surface area (Å²) in [7, 11) is 0. The van der Waals surface area contributed by atoms with E-state index in [-0.39, 0.29) is 6.71 Å². The summed E-state index contributed by atoms with van der Waals surface area (Å²) in [6.07, 6.45) is 0. The van der Waals surface area contributed by atoms with Crippen LogP contribution in [-0.2, 0) is 0 Å². The maximum atomic E-state index is 5.40. The Morgan fingerprint density at radius 1 is 0.367 bits per heavy atom. The number of benzene rings is 5. The first-order chi connectivity index (χ1) is 24.3. The lowest BCUT2D eigenvalue weighted by molar-refractivity contribution is 1.07. The third kappa shape index (κ3) is 3.69. The molecule has 4 aromatic heterocycles. The number of hydrogen-bond acceptors (Lipinski definition) is 6. The summed E-state index contributed by atoms with van der Waals surface area (Å²) < 4.78 is 4.48. The first kappa shape index (κ1) is 26.3. The Balaban J connectivity index is 1.31. The molecule has 49 heavy (non-hydrogen) atoms. The Hall–Kier alpha value is -6.74. The first-order valence-electron chi connectivity index (χ1n) is 16.3. The largest absolute Gasteiger partial charge is 0.299 e. The fourth-order valence-electron chi connectivity index (χ4n) is 7.51. The van der Waals surface area contributed by atoms with Gasteiger partial charge in [-0.1, -0.05) is 127 Å². The maximum Gasteiger partial charge on any atom is 0.299 e. The third-order valence-corrected chi connectivity index (χ3v) is 9.58. The number of rotatable bonds is 4. The van der Waals surface area contributed by atoms with Gasteiger partial charge in [0.2, 0.25) is 0 Å². The van der Waals surface area contributed by atoms with Crippen LogP contribution in [0, 0.1) is 0 Å². The molecule has 0 spiro atoms. The van der Waals surface area contributed by atoms with Crippen LogP contribution in [-0.4, -0.2) is 45.8 Å². The second-order valence-electron chi connectivity index (χ2n) is 12.4. The van der Waals surface area contributed by atoms with Gasteiger partial charge in [-0.15, -0.1) is 0 Å². The minimum Gasteiger partial charge on any atom is -0.290 e. The van der Waals surface area contributed by atoms with E-state index in [0.717, 1.165) is 73.0 Å². The van der Waals surface area contributed by atoms with E-state index in [2.05, 4.69) is 51.6 Å². The third-order valence-electron chi connectivity index (χ3n) is 9.58. The van der Waals surface area contributed by atoms with Crippen LogP contribution in [0.5, 0.6) is 0 Å². The number of hydrogen-bond donors (Lipinski definition) is 0. The van der Waals surface area contributed by atoms with Crippen molar-refractivity contribution >= 4 is 45.7 Å².